The Hall–Kier alpha value is -2.31. The summed E-state index contributed by atoms with van der Waals surface area (Å²) in [5.74, 6) is 0.746. The summed E-state index contributed by atoms with van der Waals surface area (Å²) in [5.41, 5.74) is 7.31. The summed E-state index contributed by atoms with van der Waals surface area (Å²) in [6.45, 7) is -0.716. The first kappa shape index (κ1) is 14.1. The summed E-state index contributed by atoms with van der Waals surface area (Å²) in [7, 11) is 1.39. The summed E-state index contributed by atoms with van der Waals surface area (Å²) in [6.07, 6.45) is 0. The van der Waals surface area contributed by atoms with Crippen molar-refractivity contribution in [3.8, 4) is 11.5 Å². The number of halogens is 2. The van der Waals surface area contributed by atoms with E-state index in [2.05, 4.69) is 9.84 Å². The third-order valence-corrected chi connectivity index (χ3v) is 2.71. The van der Waals surface area contributed by atoms with E-state index in [1.54, 1.807) is 22.9 Å². The standard InChI is InChI=1S/C13H15F2N3O2/c1-8-5-12(16)18(17-8)7-9-3-4-10(19-2)11(6-9)20-13(14)15/h3-6,13H,7,16H2,1-2H3. The molecular weight excluding hydrogens is 268 g/mol. The van der Waals surface area contributed by atoms with Gasteiger partial charge in [-0.15, -0.1) is 0 Å². The molecule has 108 valence electrons. The molecule has 0 radical (unpaired) electrons. The highest BCUT2D eigenvalue weighted by molar-refractivity contribution is 5.43. The van der Waals surface area contributed by atoms with Crippen molar-refractivity contribution >= 4 is 5.82 Å². The van der Waals surface area contributed by atoms with Crippen molar-refractivity contribution in [2.24, 2.45) is 0 Å². The second kappa shape index (κ2) is 5.77. The maximum absolute atomic E-state index is 12.3. The fourth-order valence-electron chi connectivity index (χ4n) is 1.87. The minimum Gasteiger partial charge on any atom is -0.493 e. The molecule has 5 nitrogen and oxygen atoms in total. The average molecular weight is 283 g/mol. The van der Waals surface area contributed by atoms with Crippen molar-refractivity contribution in [1.29, 1.82) is 0 Å². The van der Waals surface area contributed by atoms with E-state index in [4.69, 9.17) is 10.5 Å². The van der Waals surface area contributed by atoms with E-state index < -0.39 is 6.61 Å². The molecule has 1 heterocycles. The van der Waals surface area contributed by atoms with Gasteiger partial charge in [0.05, 0.1) is 19.3 Å². The summed E-state index contributed by atoms with van der Waals surface area (Å²) < 4.78 is 35.7. The summed E-state index contributed by atoms with van der Waals surface area (Å²) in [4.78, 5) is 0. The average Bonchev–Trinajstić information content (AvgIpc) is 2.67. The van der Waals surface area contributed by atoms with Gasteiger partial charge in [0.1, 0.15) is 5.82 Å². The van der Waals surface area contributed by atoms with Crippen LogP contribution in [0.15, 0.2) is 24.3 Å². The van der Waals surface area contributed by atoms with Gasteiger partial charge in [0, 0.05) is 6.07 Å². The zero-order chi connectivity index (χ0) is 14.7. The van der Waals surface area contributed by atoms with Gasteiger partial charge < -0.3 is 15.2 Å². The molecule has 1 aromatic carbocycles. The number of alkyl halides is 2. The fourth-order valence-corrected chi connectivity index (χ4v) is 1.87. The van der Waals surface area contributed by atoms with E-state index in [-0.39, 0.29) is 11.5 Å². The van der Waals surface area contributed by atoms with Crippen molar-refractivity contribution < 1.29 is 18.3 Å². The second-order valence-electron chi connectivity index (χ2n) is 4.23. The van der Waals surface area contributed by atoms with E-state index in [1.165, 1.54) is 13.2 Å². The monoisotopic (exact) mass is 283 g/mol. The number of aryl methyl sites for hydroxylation is 1. The van der Waals surface area contributed by atoms with Crippen molar-refractivity contribution in [2.45, 2.75) is 20.1 Å². The SMILES string of the molecule is COc1ccc(Cn2nc(C)cc2N)cc1OC(F)F. The minimum absolute atomic E-state index is 0.0116. The van der Waals surface area contributed by atoms with Gasteiger partial charge in [-0.25, -0.2) is 4.68 Å². The number of ether oxygens (including phenoxy) is 2. The molecule has 2 N–H and O–H groups in total. The quantitative estimate of drug-likeness (QED) is 0.915. The zero-order valence-electron chi connectivity index (χ0n) is 11.1. The van der Waals surface area contributed by atoms with Crippen molar-refractivity contribution in [1.82, 2.24) is 9.78 Å². The molecule has 0 unspecified atom stereocenters. The molecule has 2 aromatic rings. The Balaban J connectivity index is 2.26. The Morgan fingerprint density at radius 1 is 1.30 bits per heavy atom. The van der Waals surface area contributed by atoms with Crippen LogP contribution in [0.5, 0.6) is 11.5 Å². The molecule has 1 aromatic heterocycles. The molecule has 0 spiro atoms. The normalized spacial score (nSPS) is 10.8. The van der Waals surface area contributed by atoms with Crippen LogP contribution in [0.25, 0.3) is 0 Å². The molecule has 7 heteroatoms. The van der Waals surface area contributed by atoms with Gasteiger partial charge in [0.2, 0.25) is 0 Å². The Morgan fingerprint density at radius 2 is 2.05 bits per heavy atom. The topological polar surface area (TPSA) is 62.3 Å². The summed E-state index contributed by atoms with van der Waals surface area (Å²) in [6, 6.07) is 6.54. The second-order valence-corrected chi connectivity index (χ2v) is 4.23. The first-order chi connectivity index (χ1) is 9.49. The molecule has 0 aliphatic heterocycles. The molecule has 20 heavy (non-hydrogen) atoms. The van der Waals surface area contributed by atoms with E-state index >= 15 is 0 Å². The highest BCUT2D eigenvalue weighted by Gasteiger charge is 2.12. The van der Waals surface area contributed by atoms with Gasteiger partial charge >= 0.3 is 6.61 Å². The van der Waals surface area contributed by atoms with Crippen LogP contribution in [-0.4, -0.2) is 23.5 Å². The highest BCUT2D eigenvalue weighted by Crippen LogP contribution is 2.29. The van der Waals surface area contributed by atoms with E-state index in [9.17, 15) is 8.78 Å². The maximum Gasteiger partial charge on any atom is 0.387 e. The van der Waals surface area contributed by atoms with Crippen LogP contribution in [0.2, 0.25) is 0 Å². The fraction of sp³-hybridized carbons (Fsp3) is 0.308. The smallest absolute Gasteiger partial charge is 0.387 e. The number of benzene rings is 1. The summed E-state index contributed by atoms with van der Waals surface area (Å²) >= 11 is 0. The van der Waals surface area contributed by atoms with Gasteiger partial charge in [-0.05, 0) is 24.6 Å². The van der Waals surface area contributed by atoms with Gasteiger partial charge in [0.15, 0.2) is 11.5 Å². The Labute approximate surface area is 114 Å². The van der Waals surface area contributed by atoms with E-state index in [0.717, 1.165) is 11.3 Å². The highest BCUT2D eigenvalue weighted by atomic mass is 19.3. The van der Waals surface area contributed by atoms with Gasteiger partial charge in [0.25, 0.3) is 0 Å². The van der Waals surface area contributed by atoms with Gasteiger partial charge in [-0.3, -0.25) is 0 Å². The molecule has 0 aliphatic rings. The lowest BCUT2D eigenvalue weighted by Crippen LogP contribution is -2.07. The molecule has 0 aliphatic carbocycles. The van der Waals surface area contributed by atoms with Crippen molar-refractivity contribution in [3.05, 3.63) is 35.5 Å². The van der Waals surface area contributed by atoms with Crippen LogP contribution in [0.1, 0.15) is 11.3 Å². The number of nitrogen functional groups attached to an aromatic ring is 1. The van der Waals surface area contributed by atoms with E-state index in [0.29, 0.717) is 12.4 Å². The van der Waals surface area contributed by atoms with Gasteiger partial charge in [-0.2, -0.15) is 13.9 Å². The van der Waals surface area contributed by atoms with Crippen LogP contribution in [0.4, 0.5) is 14.6 Å². The van der Waals surface area contributed by atoms with Crippen LogP contribution in [-0.2, 0) is 6.54 Å². The largest absolute Gasteiger partial charge is 0.493 e. The number of hydrogen-bond acceptors (Lipinski definition) is 4. The molecule has 0 bridgehead atoms. The minimum atomic E-state index is -2.91. The number of anilines is 1. The van der Waals surface area contributed by atoms with Crippen molar-refractivity contribution in [2.75, 3.05) is 12.8 Å². The molecule has 0 atom stereocenters. The number of nitrogens with two attached hydrogens (primary N) is 1. The number of methoxy groups -OCH3 is 1. The number of rotatable bonds is 5. The zero-order valence-corrected chi connectivity index (χ0v) is 11.1. The third-order valence-electron chi connectivity index (χ3n) is 2.71. The van der Waals surface area contributed by atoms with Crippen LogP contribution < -0.4 is 15.2 Å². The molecule has 0 amide bonds. The Kier molecular flexibility index (Phi) is 4.07. The molecule has 2 rings (SSSR count). The number of nitrogens with zero attached hydrogens (tertiary/aromatic N) is 2. The maximum atomic E-state index is 12.3. The Bertz CT molecular complexity index is 599. The predicted octanol–water partition coefficient (Wildman–Crippen LogP) is 2.43. The first-order valence-corrected chi connectivity index (χ1v) is 5.91. The van der Waals surface area contributed by atoms with Gasteiger partial charge in [-0.1, -0.05) is 6.07 Å². The lowest BCUT2D eigenvalue weighted by molar-refractivity contribution is -0.0512. The molecule has 0 saturated carbocycles. The van der Waals surface area contributed by atoms with Crippen LogP contribution in [0, 0.1) is 6.92 Å². The van der Waals surface area contributed by atoms with Crippen LogP contribution >= 0.6 is 0 Å². The Morgan fingerprint density at radius 3 is 2.60 bits per heavy atom. The first-order valence-electron chi connectivity index (χ1n) is 5.91. The molecule has 0 fully saturated rings. The van der Waals surface area contributed by atoms with Crippen LogP contribution in [0.3, 0.4) is 0 Å². The molecular formula is C13H15F2N3O2. The number of aromatic nitrogens is 2. The lowest BCUT2D eigenvalue weighted by Gasteiger charge is -2.12. The van der Waals surface area contributed by atoms with Crippen molar-refractivity contribution in [3.63, 3.8) is 0 Å². The lowest BCUT2D eigenvalue weighted by atomic mass is 10.2. The summed E-state index contributed by atoms with van der Waals surface area (Å²) in [5, 5.41) is 4.21. The number of hydrogen-bond donors (Lipinski definition) is 1. The van der Waals surface area contributed by atoms with E-state index in [1.807, 2.05) is 6.92 Å². The molecule has 0 saturated heterocycles. The third kappa shape index (κ3) is 3.17. The predicted molar refractivity (Wildman–Crippen MR) is 70.1 cm³/mol.